The van der Waals surface area contributed by atoms with E-state index in [-0.39, 0.29) is 6.61 Å². The van der Waals surface area contributed by atoms with E-state index in [2.05, 4.69) is 6.92 Å². The number of hydrogen-bond donors (Lipinski definition) is 7. The normalized spacial score (nSPS) is 35.4. The Kier molecular flexibility index (Phi) is 17.5. The van der Waals surface area contributed by atoms with Crippen LogP contribution in [0.1, 0.15) is 77.6 Å². The van der Waals surface area contributed by atoms with E-state index in [1.54, 1.807) is 0 Å². The van der Waals surface area contributed by atoms with Crippen molar-refractivity contribution >= 4 is 0 Å². The van der Waals surface area contributed by atoms with E-state index in [1.165, 1.54) is 51.4 Å². The number of unbranched alkanes of at least 4 members (excludes halogenated alkanes) is 9. The van der Waals surface area contributed by atoms with Gasteiger partial charge in [-0.3, -0.25) is 0 Å². The van der Waals surface area contributed by atoms with Gasteiger partial charge in [-0.05, 0) is 19.3 Å². The third-order valence-electron chi connectivity index (χ3n) is 7.32. The second-order valence-electron chi connectivity index (χ2n) is 10.5. The number of ether oxygens (including phenoxy) is 5. The molecule has 12 nitrogen and oxygen atoms in total. The lowest BCUT2D eigenvalue weighted by atomic mass is 9.97. The molecule has 2 aliphatic rings. The van der Waals surface area contributed by atoms with Gasteiger partial charge in [-0.25, -0.2) is 0 Å². The zero-order valence-electron chi connectivity index (χ0n) is 23.3. The monoisotopic (exact) mass is 568 g/mol. The predicted octanol–water partition coefficient (Wildman–Crippen LogP) is -0.0453. The Morgan fingerprint density at radius 3 is 1.62 bits per heavy atom. The summed E-state index contributed by atoms with van der Waals surface area (Å²) >= 11 is 0. The first kappa shape index (κ1) is 34.7. The first-order chi connectivity index (χ1) is 18.8. The lowest BCUT2D eigenvalue weighted by molar-refractivity contribution is -0.367. The average molecular weight is 569 g/mol. The lowest BCUT2D eigenvalue weighted by Crippen LogP contribution is -2.64. The summed E-state index contributed by atoms with van der Waals surface area (Å²) in [7, 11) is 0. The molecule has 232 valence electrons. The standard InChI is InChI=1S/C27H52O12/c1-2-3-4-5-6-7-8-9-10-13-35-14-11-12-15-36-27-25(23(33)21(31)19(17-29)38-27)39-26-24(34)22(32)20(30)18(16-28)37-26/h18-34H,2-17H2,1H3/t18-,19-,20-,21-,22+,23+,24+,25+,26+,27-/m1/s1. The van der Waals surface area contributed by atoms with Crippen molar-refractivity contribution in [3.05, 3.63) is 0 Å². The van der Waals surface area contributed by atoms with Gasteiger partial charge in [-0.1, -0.05) is 58.3 Å². The lowest BCUT2D eigenvalue weighted by Gasteiger charge is -2.45. The molecule has 0 bridgehead atoms. The molecule has 0 aromatic heterocycles. The van der Waals surface area contributed by atoms with Crippen LogP contribution in [0.2, 0.25) is 0 Å². The Labute approximate surface area is 231 Å². The van der Waals surface area contributed by atoms with Gasteiger partial charge >= 0.3 is 0 Å². The number of aliphatic hydroxyl groups excluding tert-OH is 7. The summed E-state index contributed by atoms with van der Waals surface area (Å²) in [4.78, 5) is 0. The van der Waals surface area contributed by atoms with Crippen LogP contribution in [0.25, 0.3) is 0 Å². The third-order valence-corrected chi connectivity index (χ3v) is 7.32. The Hall–Kier alpha value is -0.480. The van der Waals surface area contributed by atoms with Crippen molar-refractivity contribution in [2.75, 3.05) is 33.0 Å². The molecule has 39 heavy (non-hydrogen) atoms. The van der Waals surface area contributed by atoms with E-state index in [0.29, 0.717) is 13.0 Å². The van der Waals surface area contributed by atoms with Crippen molar-refractivity contribution in [3.8, 4) is 0 Å². The first-order valence-corrected chi connectivity index (χ1v) is 14.6. The fourth-order valence-corrected chi connectivity index (χ4v) is 4.79. The van der Waals surface area contributed by atoms with E-state index in [1.807, 2.05) is 0 Å². The highest BCUT2D eigenvalue weighted by atomic mass is 16.8. The molecule has 2 rings (SSSR count). The second kappa shape index (κ2) is 19.6. The largest absolute Gasteiger partial charge is 0.394 e. The van der Waals surface area contributed by atoms with E-state index < -0.39 is 74.6 Å². The molecule has 2 saturated heterocycles. The summed E-state index contributed by atoms with van der Waals surface area (Å²) in [5.74, 6) is 0. The van der Waals surface area contributed by atoms with Gasteiger partial charge in [0.15, 0.2) is 12.6 Å². The minimum absolute atomic E-state index is 0.210. The molecular formula is C27H52O12. The van der Waals surface area contributed by atoms with Crippen molar-refractivity contribution in [2.24, 2.45) is 0 Å². The molecule has 0 aromatic carbocycles. The summed E-state index contributed by atoms with van der Waals surface area (Å²) in [5, 5.41) is 70.1. The summed E-state index contributed by atoms with van der Waals surface area (Å²) < 4.78 is 28.0. The summed E-state index contributed by atoms with van der Waals surface area (Å²) in [5.41, 5.74) is 0. The molecule has 0 amide bonds. The molecule has 0 radical (unpaired) electrons. The number of rotatable bonds is 20. The molecule has 2 aliphatic heterocycles. The molecule has 2 heterocycles. The highest BCUT2D eigenvalue weighted by Gasteiger charge is 2.50. The van der Waals surface area contributed by atoms with Crippen LogP contribution < -0.4 is 0 Å². The van der Waals surface area contributed by atoms with Crippen LogP contribution in [0, 0.1) is 0 Å². The van der Waals surface area contributed by atoms with Crippen molar-refractivity contribution in [1.29, 1.82) is 0 Å². The van der Waals surface area contributed by atoms with Crippen LogP contribution in [0.4, 0.5) is 0 Å². The van der Waals surface area contributed by atoms with Gasteiger partial charge in [0.2, 0.25) is 0 Å². The maximum absolute atomic E-state index is 10.6. The highest BCUT2D eigenvalue weighted by molar-refractivity contribution is 4.93. The SMILES string of the molecule is CCCCCCCCCCCOCCCCO[C@@H]1O[C@H](CO)[C@@H](O)[C@H](O)[C@@H]1O[C@@H]1O[C@H](CO)[C@@H](O)[C@H](O)[C@@H]1O. The van der Waals surface area contributed by atoms with Gasteiger partial charge in [-0.15, -0.1) is 0 Å². The maximum Gasteiger partial charge on any atom is 0.187 e. The fraction of sp³-hybridized carbons (Fsp3) is 1.00. The smallest absolute Gasteiger partial charge is 0.187 e. The van der Waals surface area contributed by atoms with Crippen LogP contribution in [0.15, 0.2) is 0 Å². The van der Waals surface area contributed by atoms with Crippen LogP contribution in [-0.4, -0.2) is 130 Å². The quantitative estimate of drug-likeness (QED) is 0.0972. The van der Waals surface area contributed by atoms with Crippen LogP contribution >= 0.6 is 0 Å². The van der Waals surface area contributed by atoms with E-state index in [9.17, 15) is 35.7 Å². The number of hydrogen-bond acceptors (Lipinski definition) is 12. The molecule has 0 unspecified atom stereocenters. The van der Waals surface area contributed by atoms with Crippen LogP contribution in [0.3, 0.4) is 0 Å². The minimum atomic E-state index is -1.70. The summed E-state index contributed by atoms with van der Waals surface area (Å²) in [6.45, 7) is 2.52. The zero-order chi connectivity index (χ0) is 28.6. The molecule has 0 saturated carbocycles. The first-order valence-electron chi connectivity index (χ1n) is 14.6. The van der Waals surface area contributed by atoms with E-state index in [4.69, 9.17) is 23.7 Å². The second-order valence-corrected chi connectivity index (χ2v) is 10.5. The predicted molar refractivity (Wildman–Crippen MR) is 140 cm³/mol. The number of aliphatic hydroxyl groups is 7. The molecule has 7 N–H and O–H groups in total. The Morgan fingerprint density at radius 1 is 0.538 bits per heavy atom. The van der Waals surface area contributed by atoms with Gasteiger partial charge in [0.25, 0.3) is 0 Å². The Bertz CT molecular complexity index is 611. The van der Waals surface area contributed by atoms with Crippen LogP contribution in [-0.2, 0) is 23.7 Å². The van der Waals surface area contributed by atoms with E-state index in [0.717, 1.165) is 19.4 Å². The average Bonchev–Trinajstić information content (AvgIpc) is 2.94. The Morgan fingerprint density at radius 2 is 1.03 bits per heavy atom. The molecular weight excluding hydrogens is 516 g/mol. The zero-order valence-corrected chi connectivity index (χ0v) is 23.3. The highest BCUT2D eigenvalue weighted by Crippen LogP contribution is 2.29. The topological polar surface area (TPSA) is 188 Å². The molecule has 12 heteroatoms. The van der Waals surface area contributed by atoms with Crippen molar-refractivity contribution < 1.29 is 59.4 Å². The van der Waals surface area contributed by atoms with Gasteiger partial charge in [0.05, 0.1) is 13.2 Å². The van der Waals surface area contributed by atoms with Crippen molar-refractivity contribution in [1.82, 2.24) is 0 Å². The molecule has 0 spiro atoms. The Balaban J connectivity index is 1.70. The maximum atomic E-state index is 10.6. The van der Waals surface area contributed by atoms with Crippen LogP contribution in [0.5, 0.6) is 0 Å². The molecule has 0 aliphatic carbocycles. The molecule has 10 atom stereocenters. The molecule has 0 aromatic rings. The third kappa shape index (κ3) is 11.4. The molecule has 2 fully saturated rings. The van der Waals surface area contributed by atoms with Gasteiger partial charge in [0.1, 0.15) is 48.8 Å². The van der Waals surface area contributed by atoms with Crippen molar-refractivity contribution in [2.45, 2.75) is 139 Å². The van der Waals surface area contributed by atoms with Gasteiger partial charge < -0.3 is 59.4 Å². The fourth-order valence-electron chi connectivity index (χ4n) is 4.79. The summed E-state index contributed by atoms with van der Waals surface area (Å²) in [6, 6.07) is 0. The van der Waals surface area contributed by atoms with Gasteiger partial charge in [0, 0.05) is 19.8 Å². The van der Waals surface area contributed by atoms with Gasteiger partial charge in [-0.2, -0.15) is 0 Å². The minimum Gasteiger partial charge on any atom is -0.394 e. The van der Waals surface area contributed by atoms with Crippen molar-refractivity contribution in [3.63, 3.8) is 0 Å². The summed E-state index contributed by atoms with van der Waals surface area (Å²) in [6.07, 6.45) is -1.82. The van der Waals surface area contributed by atoms with E-state index >= 15 is 0 Å².